The van der Waals surface area contributed by atoms with E-state index in [-0.39, 0.29) is 29.0 Å². The van der Waals surface area contributed by atoms with Crippen molar-refractivity contribution in [1.29, 1.82) is 0 Å². The fourth-order valence-electron chi connectivity index (χ4n) is 6.96. The number of rotatable bonds is 6. The van der Waals surface area contributed by atoms with E-state index < -0.39 is 5.92 Å². The molecule has 0 amide bonds. The van der Waals surface area contributed by atoms with Crippen LogP contribution in [0.4, 0.5) is 0 Å². The Morgan fingerprint density at radius 3 is 1.91 bits per heavy atom. The van der Waals surface area contributed by atoms with Crippen molar-refractivity contribution in [3.8, 4) is 5.75 Å². The van der Waals surface area contributed by atoms with Crippen molar-refractivity contribution in [2.24, 2.45) is 10.8 Å². The SMILES string of the molecule is CC1(C)CC(=O)C2=C(C1)N(Cc1ccccc1)C1=C(C(=O)CC(C)(C)C1)C2c1ccccc1OCc1ccc(Cl)c(Cl)c1. The summed E-state index contributed by atoms with van der Waals surface area (Å²) in [6.07, 6.45) is 2.40. The first-order valence-electron chi connectivity index (χ1n) is 14.9. The Kier molecular flexibility index (Phi) is 7.81. The van der Waals surface area contributed by atoms with Gasteiger partial charge in [-0.1, -0.05) is 105 Å². The Labute approximate surface area is 264 Å². The maximum atomic E-state index is 14.2. The van der Waals surface area contributed by atoms with E-state index in [9.17, 15) is 9.59 Å². The maximum Gasteiger partial charge on any atom is 0.162 e. The quantitative estimate of drug-likeness (QED) is 0.278. The number of ether oxygens (including phenoxy) is 1. The molecule has 6 heteroatoms. The van der Waals surface area contributed by atoms with Crippen molar-refractivity contribution in [2.75, 3.05) is 0 Å². The lowest BCUT2D eigenvalue weighted by atomic mass is 9.63. The smallest absolute Gasteiger partial charge is 0.162 e. The third-order valence-electron chi connectivity index (χ3n) is 8.81. The zero-order chi connectivity index (χ0) is 30.5. The Morgan fingerprint density at radius 2 is 1.30 bits per heavy atom. The Balaban J connectivity index is 1.51. The van der Waals surface area contributed by atoms with Crippen molar-refractivity contribution >= 4 is 34.8 Å². The highest BCUT2D eigenvalue weighted by Crippen LogP contribution is 2.55. The minimum atomic E-state index is -0.478. The molecule has 3 aromatic rings. The van der Waals surface area contributed by atoms with Gasteiger partial charge in [0.2, 0.25) is 0 Å². The minimum absolute atomic E-state index is 0.109. The molecule has 2 aliphatic carbocycles. The average molecular weight is 615 g/mol. The minimum Gasteiger partial charge on any atom is -0.489 e. The van der Waals surface area contributed by atoms with E-state index in [1.54, 1.807) is 12.1 Å². The summed E-state index contributed by atoms with van der Waals surface area (Å²) >= 11 is 12.4. The summed E-state index contributed by atoms with van der Waals surface area (Å²) in [5.74, 6) is 0.397. The first-order chi connectivity index (χ1) is 20.4. The van der Waals surface area contributed by atoms with Crippen molar-refractivity contribution in [3.05, 3.63) is 122 Å². The van der Waals surface area contributed by atoms with Gasteiger partial charge in [-0.3, -0.25) is 9.59 Å². The number of nitrogens with zero attached hydrogens (tertiary/aromatic N) is 1. The predicted molar refractivity (Wildman–Crippen MR) is 172 cm³/mol. The molecule has 4 nitrogen and oxygen atoms in total. The third-order valence-corrected chi connectivity index (χ3v) is 9.55. The summed E-state index contributed by atoms with van der Waals surface area (Å²) in [6.45, 7) is 9.56. The van der Waals surface area contributed by atoms with Gasteiger partial charge in [-0.2, -0.15) is 0 Å². The molecule has 0 spiro atoms. The number of hydrogen-bond acceptors (Lipinski definition) is 4. The molecular formula is C37H37Cl2NO3. The molecular weight excluding hydrogens is 577 g/mol. The average Bonchev–Trinajstić information content (AvgIpc) is 2.94. The van der Waals surface area contributed by atoms with Gasteiger partial charge < -0.3 is 9.64 Å². The van der Waals surface area contributed by atoms with Gasteiger partial charge in [0.15, 0.2) is 11.6 Å². The van der Waals surface area contributed by atoms with E-state index in [1.165, 1.54) is 0 Å². The molecule has 222 valence electrons. The van der Waals surface area contributed by atoms with Crippen LogP contribution in [0.25, 0.3) is 0 Å². The number of carbonyl (C=O) groups excluding carboxylic acids is 2. The largest absolute Gasteiger partial charge is 0.489 e. The van der Waals surface area contributed by atoms with Crippen LogP contribution in [-0.2, 0) is 22.7 Å². The number of Topliss-reactive ketones (excluding diaryl/α,β-unsaturated/α-hetero) is 2. The summed E-state index contributed by atoms with van der Waals surface area (Å²) in [5.41, 5.74) is 6.07. The lowest BCUT2D eigenvalue weighted by molar-refractivity contribution is -0.119. The van der Waals surface area contributed by atoms with Crippen LogP contribution in [-0.4, -0.2) is 16.5 Å². The van der Waals surface area contributed by atoms with Crippen LogP contribution < -0.4 is 4.74 Å². The highest BCUT2D eigenvalue weighted by molar-refractivity contribution is 6.42. The van der Waals surface area contributed by atoms with Crippen molar-refractivity contribution in [1.82, 2.24) is 4.90 Å². The number of carbonyl (C=O) groups is 2. The highest BCUT2D eigenvalue weighted by atomic mass is 35.5. The zero-order valence-electron chi connectivity index (χ0n) is 25.2. The number of para-hydroxylation sites is 1. The van der Waals surface area contributed by atoms with Crippen LogP contribution >= 0.6 is 23.2 Å². The monoisotopic (exact) mass is 613 g/mol. The second kappa shape index (κ2) is 11.3. The zero-order valence-corrected chi connectivity index (χ0v) is 26.7. The normalized spacial score (nSPS) is 19.8. The van der Waals surface area contributed by atoms with Crippen LogP contribution in [0.1, 0.15) is 76.0 Å². The first-order valence-corrected chi connectivity index (χ1v) is 15.7. The topological polar surface area (TPSA) is 46.6 Å². The molecule has 0 N–H and O–H groups in total. The number of ketones is 2. The van der Waals surface area contributed by atoms with Gasteiger partial charge in [-0.05, 0) is 53.0 Å². The van der Waals surface area contributed by atoms with E-state index >= 15 is 0 Å². The first kappa shape index (κ1) is 29.7. The van der Waals surface area contributed by atoms with Gasteiger partial charge >= 0.3 is 0 Å². The Bertz CT molecular complexity index is 1610. The van der Waals surface area contributed by atoms with Crippen LogP contribution in [0, 0.1) is 10.8 Å². The van der Waals surface area contributed by atoms with Crippen LogP contribution in [0.3, 0.4) is 0 Å². The van der Waals surface area contributed by atoms with Gasteiger partial charge in [-0.15, -0.1) is 0 Å². The molecule has 0 radical (unpaired) electrons. The fraction of sp³-hybridized carbons (Fsp3) is 0.351. The molecule has 0 atom stereocenters. The molecule has 1 aliphatic heterocycles. The van der Waals surface area contributed by atoms with E-state index in [0.717, 1.165) is 52.1 Å². The van der Waals surface area contributed by atoms with Gasteiger partial charge in [0, 0.05) is 53.4 Å². The molecule has 0 bridgehead atoms. The molecule has 0 unspecified atom stereocenters. The standard InChI is InChI=1S/C37H37Cl2NO3/c1-36(2)17-28-34(30(41)19-36)33(25-12-8-9-13-32(25)43-22-24-14-15-26(38)27(39)16-24)35-29(18-37(3,4)20-31(35)42)40(28)21-23-10-6-5-7-11-23/h5-16,33H,17-22H2,1-4H3. The summed E-state index contributed by atoms with van der Waals surface area (Å²) in [4.78, 5) is 30.7. The number of halogens is 2. The molecule has 1 heterocycles. The van der Waals surface area contributed by atoms with Gasteiger partial charge in [0.05, 0.1) is 10.0 Å². The predicted octanol–water partition coefficient (Wildman–Crippen LogP) is 9.46. The lowest BCUT2D eigenvalue weighted by Crippen LogP contribution is -2.44. The van der Waals surface area contributed by atoms with Crippen molar-refractivity contribution < 1.29 is 14.3 Å². The molecule has 0 saturated heterocycles. The lowest BCUT2D eigenvalue weighted by Gasteiger charge is -2.49. The molecule has 0 aromatic heterocycles. The van der Waals surface area contributed by atoms with Crippen molar-refractivity contribution in [3.63, 3.8) is 0 Å². The van der Waals surface area contributed by atoms with E-state index in [0.29, 0.717) is 35.2 Å². The third kappa shape index (κ3) is 5.92. The van der Waals surface area contributed by atoms with Crippen LogP contribution in [0.15, 0.2) is 95.3 Å². The second-order valence-electron chi connectivity index (χ2n) is 13.7. The molecule has 0 fully saturated rings. The van der Waals surface area contributed by atoms with E-state index in [2.05, 4.69) is 44.7 Å². The summed E-state index contributed by atoms with van der Waals surface area (Å²) in [6, 6.07) is 23.6. The summed E-state index contributed by atoms with van der Waals surface area (Å²) in [7, 11) is 0. The molecule has 3 aliphatic rings. The van der Waals surface area contributed by atoms with Crippen LogP contribution in [0.5, 0.6) is 5.75 Å². The van der Waals surface area contributed by atoms with Crippen molar-refractivity contribution in [2.45, 2.75) is 72.4 Å². The van der Waals surface area contributed by atoms with Crippen LogP contribution in [0.2, 0.25) is 10.0 Å². The second-order valence-corrected chi connectivity index (χ2v) is 14.5. The Morgan fingerprint density at radius 1 is 0.721 bits per heavy atom. The van der Waals surface area contributed by atoms with Gasteiger partial charge in [0.1, 0.15) is 12.4 Å². The number of hydrogen-bond donors (Lipinski definition) is 0. The summed E-state index contributed by atoms with van der Waals surface area (Å²) in [5, 5.41) is 0.960. The van der Waals surface area contributed by atoms with Gasteiger partial charge in [0.25, 0.3) is 0 Å². The Hall–Kier alpha value is -3.34. The summed E-state index contributed by atoms with van der Waals surface area (Å²) < 4.78 is 6.42. The molecule has 43 heavy (non-hydrogen) atoms. The molecule has 0 saturated carbocycles. The maximum absolute atomic E-state index is 14.2. The van der Waals surface area contributed by atoms with Gasteiger partial charge in [-0.25, -0.2) is 0 Å². The fourth-order valence-corrected chi connectivity index (χ4v) is 7.28. The van der Waals surface area contributed by atoms with E-state index in [4.69, 9.17) is 27.9 Å². The number of benzene rings is 3. The van der Waals surface area contributed by atoms with E-state index in [1.807, 2.05) is 48.5 Å². The highest BCUT2D eigenvalue weighted by Gasteiger charge is 2.49. The number of allylic oxidation sites excluding steroid dienone is 4. The molecule has 6 rings (SSSR count). The molecule has 3 aromatic carbocycles.